The molecule has 1 unspecified atom stereocenters. The van der Waals surface area contributed by atoms with Crippen LogP contribution < -0.4 is 4.90 Å². The fraction of sp³-hybridized carbons (Fsp3) is 0.133. The maximum atomic E-state index is 12.4. The van der Waals surface area contributed by atoms with Crippen LogP contribution >= 0.6 is 11.6 Å². The van der Waals surface area contributed by atoms with Gasteiger partial charge in [0.15, 0.2) is 5.72 Å². The second-order valence-corrected chi connectivity index (χ2v) is 5.12. The Morgan fingerprint density at radius 3 is 2.53 bits per heavy atom. The molecule has 1 heterocycles. The minimum Gasteiger partial charge on any atom is -0.367 e. The minimum atomic E-state index is -1.39. The molecule has 2 aromatic rings. The summed E-state index contributed by atoms with van der Waals surface area (Å²) in [6, 6.07) is 14.0. The van der Waals surface area contributed by atoms with Crippen molar-refractivity contribution in [1.29, 1.82) is 0 Å². The van der Waals surface area contributed by atoms with Gasteiger partial charge < -0.3 is 5.11 Å². The number of rotatable bonds is 1. The van der Waals surface area contributed by atoms with Gasteiger partial charge in [0.1, 0.15) is 0 Å². The van der Waals surface area contributed by atoms with Gasteiger partial charge in [-0.05, 0) is 37.3 Å². The van der Waals surface area contributed by atoms with Gasteiger partial charge in [0, 0.05) is 21.8 Å². The summed E-state index contributed by atoms with van der Waals surface area (Å²) in [5, 5.41) is 11.2. The van der Waals surface area contributed by atoms with Crippen LogP contribution in [0.5, 0.6) is 0 Å². The SMILES string of the molecule is CC1(O)c2cc(Cl)ccc2C(=O)N1c1ccccc1. The first-order valence-electron chi connectivity index (χ1n) is 5.94. The first-order valence-corrected chi connectivity index (χ1v) is 6.31. The summed E-state index contributed by atoms with van der Waals surface area (Å²) in [6.07, 6.45) is 0. The van der Waals surface area contributed by atoms with Crippen LogP contribution in [-0.2, 0) is 5.72 Å². The molecule has 0 spiro atoms. The molecular weight excluding hydrogens is 262 g/mol. The largest absolute Gasteiger partial charge is 0.367 e. The van der Waals surface area contributed by atoms with E-state index in [2.05, 4.69) is 0 Å². The maximum absolute atomic E-state index is 12.4. The molecule has 0 bridgehead atoms. The van der Waals surface area contributed by atoms with Crippen molar-refractivity contribution in [3.8, 4) is 0 Å². The van der Waals surface area contributed by atoms with Crippen molar-refractivity contribution in [1.82, 2.24) is 0 Å². The molecule has 0 fully saturated rings. The van der Waals surface area contributed by atoms with Crippen molar-refractivity contribution in [3.63, 3.8) is 0 Å². The zero-order chi connectivity index (χ0) is 13.6. The number of para-hydroxylation sites is 1. The molecule has 0 aromatic heterocycles. The van der Waals surface area contributed by atoms with Crippen molar-refractivity contribution < 1.29 is 9.90 Å². The van der Waals surface area contributed by atoms with Crippen LogP contribution in [0.1, 0.15) is 22.8 Å². The van der Waals surface area contributed by atoms with Crippen LogP contribution in [0.4, 0.5) is 5.69 Å². The first-order chi connectivity index (χ1) is 9.01. The van der Waals surface area contributed by atoms with E-state index in [0.29, 0.717) is 21.8 Å². The Bertz CT molecular complexity index is 652. The van der Waals surface area contributed by atoms with E-state index < -0.39 is 5.72 Å². The number of amides is 1. The van der Waals surface area contributed by atoms with Crippen LogP contribution in [0.3, 0.4) is 0 Å². The van der Waals surface area contributed by atoms with Gasteiger partial charge in [0.25, 0.3) is 5.91 Å². The van der Waals surface area contributed by atoms with Crippen LogP contribution in [0.25, 0.3) is 0 Å². The molecule has 0 radical (unpaired) electrons. The molecule has 0 aliphatic carbocycles. The smallest absolute Gasteiger partial charge is 0.261 e. The van der Waals surface area contributed by atoms with E-state index >= 15 is 0 Å². The highest BCUT2D eigenvalue weighted by molar-refractivity contribution is 6.31. The number of fused-ring (bicyclic) bond motifs is 1. The number of hydrogen-bond donors (Lipinski definition) is 1. The number of nitrogens with zero attached hydrogens (tertiary/aromatic N) is 1. The topological polar surface area (TPSA) is 40.5 Å². The number of benzene rings is 2. The fourth-order valence-electron chi connectivity index (χ4n) is 2.48. The van der Waals surface area contributed by atoms with E-state index in [4.69, 9.17) is 11.6 Å². The fourth-order valence-corrected chi connectivity index (χ4v) is 2.65. The maximum Gasteiger partial charge on any atom is 0.261 e. The number of carbonyl (C=O) groups is 1. The Morgan fingerprint density at radius 2 is 1.84 bits per heavy atom. The summed E-state index contributed by atoms with van der Waals surface area (Å²) in [6.45, 7) is 1.60. The van der Waals surface area contributed by atoms with Gasteiger partial charge in [-0.3, -0.25) is 9.69 Å². The van der Waals surface area contributed by atoms with Gasteiger partial charge in [-0.2, -0.15) is 0 Å². The van der Waals surface area contributed by atoms with Crippen LogP contribution in [0, 0.1) is 0 Å². The first kappa shape index (κ1) is 12.2. The van der Waals surface area contributed by atoms with E-state index in [9.17, 15) is 9.90 Å². The summed E-state index contributed by atoms with van der Waals surface area (Å²) in [5.41, 5.74) is 0.288. The summed E-state index contributed by atoms with van der Waals surface area (Å²) in [7, 11) is 0. The molecule has 1 aliphatic rings. The Hall–Kier alpha value is -1.84. The average molecular weight is 274 g/mol. The van der Waals surface area contributed by atoms with Gasteiger partial charge in [-0.1, -0.05) is 29.8 Å². The number of halogens is 1. The number of carbonyl (C=O) groups excluding carboxylic acids is 1. The van der Waals surface area contributed by atoms with Gasteiger partial charge in [-0.15, -0.1) is 0 Å². The van der Waals surface area contributed by atoms with Crippen LogP contribution in [0.15, 0.2) is 48.5 Å². The van der Waals surface area contributed by atoms with E-state index in [1.165, 1.54) is 4.90 Å². The molecule has 1 amide bonds. The van der Waals surface area contributed by atoms with E-state index in [-0.39, 0.29) is 5.91 Å². The molecule has 3 nitrogen and oxygen atoms in total. The molecule has 4 heteroatoms. The van der Waals surface area contributed by atoms with Crippen molar-refractivity contribution in [2.75, 3.05) is 4.90 Å². The Kier molecular flexibility index (Phi) is 2.62. The molecule has 0 saturated heterocycles. The second-order valence-electron chi connectivity index (χ2n) is 4.69. The standard InChI is InChI=1S/C15H12ClNO2/c1-15(19)13-9-10(16)7-8-12(13)14(18)17(15)11-5-3-2-4-6-11/h2-9,19H,1H3. The molecule has 0 saturated carbocycles. The zero-order valence-corrected chi connectivity index (χ0v) is 11.1. The third-order valence-electron chi connectivity index (χ3n) is 3.38. The molecule has 96 valence electrons. The van der Waals surface area contributed by atoms with E-state index in [0.717, 1.165) is 0 Å². The lowest BCUT2D eigenvalue weighted by atomic mass is 10.0. The van der Waals surface area contributed by atoms with Crippen LogP contribution in [0.2, 0.25) is 5.02 Å². The van der Waals surface area contributed by atoms with Gasteiger partial charge >= 0.3 is 0 Å². The zero-order valence-electron chi connectivity index (χ0n) is 10.3. The Labute approximate surface area is 116 Å². The average Bonchev–Trinajstić information content (AvgIpc) is 2.58. The summed E-state index contributed by atoms with van der Waals surface area (Å²) in [5.74, 6) is -0.220. The monoisotopic (exact) mass is 273 g/mol. The van der Waals surface area contributed by atoms with Gasteiger partial charge in [-0.25, -0.2) is 0 Å². The Morgan fingerprint density at radius 1 is 1.16 bits per heavy atom. The van der Waals surface area contributed by atoms with Crippen molar-refractivity contribution in [3.05, 3.63) is 64.7 Å². The highest BCUT2D eigenvalue weighted by atomic mass is 35.5. The van der Waals surface area contributed by atoms with Crippen molar-refractivity contribution in [2.45, 2.75) is 12.6 Å². The number of aliphatic hydroxyl groups is 1. The molecular formula is C15H12ClNO2. The van der Waals surface area contributed by atoms with Crippen molar-refractivity contribution >= 4 is 23.2 Å². The lowest BCUT2D eigenvalue weighted by Gasteiger charge is -2.30. The Balaban J connectivity index is 2.19. The van der Waals surface area contributed by atoms with Crippen LogP contribution in [-0.4, -0.2) is 11.0 Å². The highest BCUT2D eigenvalue weighted by Crippen LogP contribution is 2.41. The molecule has 1 atom stereocenters. The lowest BCUT2D eigenvalue weighted by molar-refractivity contribution is 0.0555. The highest BCUT2D eigenvalue weighted by Gasteiger charge is 2.45. The molecule has 1 N–H and O–H groups in total. The summed E-state index contributed by atoms with van der Waals surface area (Å²) >= 11 is 5.95. The van der Waals surface area contributed by atoms with Crippen molar-refractivity contribution in [2.24, 2.45) is 0 Å². The van der Waals surface area contributed by atoms with E-state index in [1.807, 2.05) is 18.2 Å². The predicted octanol–water partition coefficient (Wildman–Crippen LogP) is 3.17. The van der Waals surface area contributed by atoms with E-state index in [1.54, 1.807) is 37.3 Å². The molecule has 1 aliphatic heterocycles. The second kappa shape index (κ2) is 4.08. The number of hydrogen-bond acceptors (Lipinski definition) is 2. The third-order valence-corrected chi connectivity index (χ3v) is 3.61. The molecule has 3 rings (SSSR count). The molecule has 2 aromatic carbocycles. The minimum absolute atomic E-state index is 0.220. The summed E-state index contributed by atoms with van der Waals surface area (Å²) in [4.78, 5) is 13.8. The van der Waals surface area contributed by atoms with Gasteiger partial charge in [0.2, 0.25) is 0 Å². The van der Waals surface area contributed by atoms with Gasteiger partial charge in [0.05, 0.1) is 0 Å². The normalized spacial score (nSPS) is 21.6. The predicted molar refractivity (Wildman–Crippen MR) is 74.3 cm³/mol. The molecule has 19 heavy (non-hydrogen) atoms. The summed E-state index contributed by atoms with van der Waals surface area (Å²) < 4.78 is 0. The lowest BCUT2D eigenvalue weighted by Crippen LogP contribution is -2.41. The number of anilines is 1. The third kappa shape index (κ3) is 1.74. The quantitative estimate of drug-likeness (QED) is 0.867.